The lowest BCUT2D eigenvalue weighted by Crippen LogP contribution is -2.34. The number of anilines is 3. The smallest absolute Gasteiger partial charge is 0.140 e. The van der Waals surface area contributed by atoms with Gasteiger partial charge in [0.05, 0.1) is 11.1 Å². The van der Waals surface area contributed by atoms with Crippen molar-refractivity contribution in [3.63, 3.8) is 0 Å². The molecule has 10 aromatic carbocycles. The van der Waals surface area contributed by atoms with Gasteiger partial charge in [-0.05, 0) is 103 Å². The van der Waals surface area contributed by atoms with Gasteiger partial charge < -0.3 is 9.64 Å². The number of nitrogens with zero attached hydrogens (tertiary/aromatic N) is 1. The Morgan fingerprint density at radius 3 is 1.47 bits per heavy atom. The maximum absolute atomic E-state index is 7.20. The van der Waals surface area contributed by atoms with E-state index >= 15 is 0 Å². The Morgan fingerprint density at radius 1 is 0.318 bits per heavy atom. The van der Waals surface area contributed by atoms with E-state index in [1.165, 1.54) is 66.8 Å². The highest BCUT2D eigenvalue weighted by Gasteiger charge is 2.49. The summed E-state index contributed by atoms with van der Waals surface area (Å²) >= 11 is 0. The van der Waals surface area contributed by atoms with Gasteiger partial charge in [0.2, 0.25) is 0 Å². The predicted molar refractivity (Wildman–Crippen MR) is 272 cm³/mol. The number of hydrogen-bond donors (Lipinski definition) is 0. The Balaban J connectivity index is 1.00. The molecule has 2 heteroatoms. The minimum absolute atomic E-state index is 0.139. The predicted octanol–water partition coefficient (Wildman–Crippen LogP) is 16.9. The summed E-state index contributed by atoms with van der Waals surface area (Å²) in [4.78, 5) is 2.44. The third kappa shape index (κ3) is 5.48. The summed E-state index contributed by atoms with van der Waals surface area (Å²) in [5, 5.41) is 0. The van der Waals surface area contributed by atoms with Crippen LogP contribution in [-0.2, 0) is 10.8 Å². The molecule has 0 fully saturated rings. The maximum atomic E-state index is 7.20. The number of fused-ring (bicyclic) bond motifs is 14. The highest BCUT2D eigenvalue weighted by molar-refractivity contribution is 5.95. The van der Waals surface area contributed by atoms with Crippen LogP contribution in [0.1, 0.15) is 47.2 Å². The Hall–Kier alpha value is -8.20. The van der Waals surface area contributed by atoms with Gasteiger partial charge >= 0.3 is 0 Å². The monoisotopic (exact) mass is 843 g/mol. The van der Waals surface area contributed by atoms with Gasteiger partial charge in [-0.15, -0.1) is 0 Å². The van der Waals surface area contributed by atoms with Gasteiger partial charge in [0.15, 0.2) is 0 Å². The van der Waals surface area contributed by atoms with Crippen molar-refractivity contribution in [1.82, 2.24) is 0 Å². The van der Waals surface area contributed by atoms with E-state index in [1.54, 1.807) is 0 Å². The summed E-state index contributed by atoms with van der Waals surface area (Å²) in [6.07, 6.45) is 0. The van der Waals surface area contributed by atoms with E-state index in [0.29, 0.717) is 0 Å². The molecule has 1 spiro atoms. The molecule has 0 aromatic heterocycles. The second kappa shape index (κ2) is 14.7. The van der Waals surface area contributed by atoms with Crippen LogP contribution in [0.2, 0.25) is 0 Å². The van der Waals surface area contributed by atoms with E-state index in [0.717, 1.165) is 50.8 Å². The fraction of sp³-hybridized carbons (Fsp3) is 0.0625. The SMILES string of the molecule is CC1(C)c2ccccc2-c2ccc(N(c3ccc(-c4cccc5c4Oc4ccccc4C54c5ccccc5-c5ccccc5-c5ccccc54)cc3)c3ccccc3-c3ccccc3)cc21. The van der Waals surface area contributed by atoms with Crippen LogP contribution in [0.3, 0.4) is 0 Å². The number of ether oxygens (including phenoxy) is 1. The Kier molecular flexibility index (Phi) is 8.51. The van der Waals surface area contributed by atoms with Crippen LogP contribution >= 0.6 is 0 Å². The van der Waals surface area contributed by atoms with E-state index < -0.39 is 5.41 Å². The highest BCUT2D eigenvalue weighted by atomic mass is 16.5. The average Bonchev–Trinajstić information content (AvgIpc) is 3.54. The molecule has 66 heavy (non-hydrogen) atoms. The van der Waals surface area contributed by atoms with Crippen molar-refractivity contribution in [3.8, 4) is 67.1 Å². The van der Waals surface area contributed by atoms with Crippen molar-refractivity contribution in [2.45, 2.75) is 24.7 Å². The molecule has 0 amide bonds. The van der Waals surface area contributed by atoms with Crippen molar-refractivity contribution in [2.24, 2.45) is 0 Å². The summed E-state index contributed by atoms with van der Waals surface area (Å²) in [7, 11) is 0. The van der Waals surface area contributed by atoms with E-state index in [4.69, 9.17) is 4.74 Å². The molecule has 3 aliphatic rings. The normalized spacial score (nSPS) is 14.0. The molecule has 1 heterocycles. The number of hydrogen-bond acceptors (Lipinski definition) is 2. The summed E-state index contributed by atoms with van der Waals surface area (Å²) in [6.45, 7) is 4.71. The van der Waals surface area contributed by atoms with Crippen LogP contribution in [-0.4, -0.2) is 0 Å². The lowest BCUT2D eigenvalue weighted by molar-refractivity contribution is 0.437. The van der Waals surface area contributed by atoms with Crippen LogP contribution < -0.4 is 9.64 Å². The third-order valence-electron chi connectivity index (χ3n) is 14.6. The second-order valence-electron chi connectivity index (χ2n) is 18.3. The van der Waals surface area contributed by atoms with Gasteiger partial charge in [0.25, 0.3) is 0 Å². The van der Waals surface area contributed by atoms with Crippen molar-refractivity contribution in [1.29, 1.82) is 0 Å². The second-order valence-corrected chi connectivity index (χ2v) is 18.3. The Labute approximate surface area is 386 Å². The zero-order valence-corrected chi connectivity index (χ0v) is 36.9. The number of rotatable bonds is 5. The molecular formula is C64H45NO. The van der Waals surface area contributed by atoms with Crippen LogP contribution in [0.5, 0.6) is 11.5 Å². The third-order valence-corrected chi connectivity index (χ3v) is 14.6. The molecule has 0 atom stereocenters. The van der Waals surface area contributed by atoms with Gasteiger partial charge in [-0.1, -0.05) is 214 Å². The number of para-hydroxylation sites is 3. The van der Waals surface area contributed by atoms with Crippen molar-refractivity contribution in [2.75, 3.05) is 4.90 Å². The Morgan fingerprint density at radius 2 is 0.788 bits per heavy atom. The first-order valence-electron chi connectivity index (χ1n) is 23.0. The van der Waals surface area contributed by atoms with Crippen LogP contribution in [0, 0.1) is 0 Å². The molecule has 2 aliphatic carbocycles. The lowest BCUT2D eigenvalue weighted by Gasteiger charge is -2.43. The lowest BCUT2D eigenvalue weighted by atomic mass is 9.62. The van der Waals surface area contributed by atoms with E-state index in [-0.39, 0.29) is 5.41 Å². The molecule has 0 unspecified atom stereocenters. The molecule has 0 bridgehead atoms. The quantitative estimate of drug-likeness (QED) is 0.171. The van der Waals surface area contributed by atoms with Gasteiger partial charge in [-0.25, -0.2) is 0 Å². The minimum Gasteiger partial charge on any atom is -0.456 e. The summed E-state index contributed by atoms with van der Waals surface area (Å²) in [6, 6.07) is 86.8. The molecule has 0 saturated heterocycles. The van der Waals surface area contributed by atoms with Gasteiger partial charge in [0.1, 0.15) is 11.5 Å². The molecule has 1 aliphatic heterocycles. The molecule has 10 aromatic rings. The summed E-state index contributed by atoms with van der Waals surface area (Å²) in [5.41, 5.74) is 22.1. The van der Waals surface area contributed by atoms with Crippen molar-refractivity contribution >= 4 is 17.1 Å². The molecular weight excluding hydrogens is 799 g/mol. The van der Waals surface area contributed by atoms with Crippen LogP contribution in [0.4, 0.5) is 17.1 Å². The van der Waals surface area contributed by atoms with Crippen molar-refractivity contribution < 1.29 is 4.74 Å². The largest absolute Gasteiger partial charge is 0.456 e. The van der Waals surface area contributed by atoms with Crippen molar-refractivity contribution in [3.05, 3.63) is 270 Å². The molecule has 0 radical (unpaired) electrons. The molecule has 0 saturated carbocycles. The topological polar surface area (TPSA) is 12.5 Å². The van der Waals surface area contributed by atoms with E-state index in [9.17, 15) is 0 Å². The van der Waals surface area contributed by atoms with E-state index in [2.05, 4.69) is 255 Å². The molecule has 13 rings (SSSR count). The number of benzene rings is 10. The van der Waals surface area contributed by atoms with Gasteiger partial charge in [-0.2, -0.15) is 0 Å². The van der Waals surface area contributed by atoms with E-state index in [1.807, 2.05) is 0 Å². The fourth-order valence-corrected chi connectivity index (χ4v) is 11.6. The zero-order valence-electron chi connectivity index (χ0n) is 36.9. The molecule has 2 nitrogen and oxygen atoms in total. The van der Waals surface area contributed by atoms with Gasteiger partial charge in [-0.3, -0.25) is 0 Å². The summed E-state index contributed by atoms with van der Waals surface area (Å²) in [5.74, 6) is 1.75. The average molecular weight is 844 g/mol. The zero-order chi connectivity index (χ0) is 44.0. The first kappa shape index (κ1) is 38.3. The molecule has 312 valence electrons. The highest BCUT2D eigenvalue weighted by Crippen LogP contribution is 2.62. The first-order valence-corrected chi connectivity index (χ1v) is 23.0. The maximum Gasteiger partial charge on any atom is 0.140 e. The minimum atomic E-state index is -0.661. The standard InChI is InChI=1S/C64H45NO/c1-63(2)54-28-12-8-26-52(54)53-40-39-45(41-59(53)63)65(60-33-16-11-21-46(60)42-19-4-3-5-20-42)44-37-35-43(36-38-44)47-27-18-32-58-62(47)66-61-34-17-15-31-57(61)64(58)55-29-13-9-24-50(55)48-22-6-7-23-49(48)51-25-10-14-30-56(51)64/h3-41H,1-2H3. The molecule has 0 N–H and O–H groups in total. The van der Waals surface area contributed by atoms with Gasteiger partial charge in [0, 0.05) is 39.0 Å². The fourth-order valence-electron chi connectivity index (χ4n) is 11.6. The van der Waals surface area contributed by atoms with Crippen LogP contribution in [0.15, 0.2) is 237 Å². The first-order chi connectivity index (χ1) is 32.5. The Bertz CT molecular complexity index is 3480. The summed E-state index contributed by atoms with van der Waals surface area (Å²) < 4.78 is 7.20. The van der Waals surface area contributed by atoms with Crippen LogP contribution in [0.25, 0.3) is 55.6 Å².